The maximum absolute atomic E-state index is 12.4. The number of carboxylic acids is 1. The Bertz CT molecular complexity index is 980. The minimum Gasteiger partial charge on any atom is -0.477 e. The molecule has 0 bridgehead atoms. The molecule has 134 valence electrons. The lowest BCUT2D eigenvalue weighted by molar-refractivity contribution is 0.0680. The lowest BCUT2D eigenvalue weighted by Gasteiger charge is -2.03. The molecular weight excluding hydrogens is 426 g/mol. The fourth-order valence-electron chi connectivity index (χ4n) is 2.37. The fraction of sp³-hybridized carbons (Fsp3) is 0.125. The molecule has 3 rings (SSSR count). The number of aryl methyl sites for hydroxylation is 1. The predicted molar refractivity (Wildman–Crippen MR) is 98.6 cm³/mol. The lowest BCUT2D eigenvalue weighted by atomic mass is 10.2. The van der Waals surface area contributed by atoms with Crippen molar-refractivity contribution >= 4 is 45.2 Å². The monoisotopic (exact) mass is 437 g/mol. The summed E-state index contributed by atoms with van der Waals surface area (Å²) in [6, 6.07) is 7.33. The summed E-state index contributed by atoms with van der Waals surface area (Å²) in [6.07, 6.45) is 2.92. The molecule has 0 aliphatic carbocycles. The number of carbonyl (C=O) groups is 2. The summed E-state index contributed by atoms with van der Waals surface area (Å²) in [4.78, 5) is 23.7. The van der Waals surface area contributed by atoms with Crippen LogP contribution < -0.4 is 5.32 Å². The Morgan fingerprint density at radius 3 is 2.65 bits per heavy atom. The van der Waals surface area contributed by atoms with Crippen molar-refractivity contribution in [3.63, 3.8) is 0 Å². The normalized spacial score (nSPS) is 10.7. The first-order valence-corrected chi connectivity index (χ1v) is 8.56. The van der Waals surface area contributed by atoms with Crippen molar-refractivity contribution < 1.29 is 14.7 Å². The van der Waals surface area contributed by atoms with Gasteiger partial charge < -0.3 is 10.4 Å². The zero-order valence-corrected chi connectivity index (χ0v) is 15.8. The van der Waals surface area contributed by atoms with Crippen molar-refractivity contribution in [2.75, 3.05) is 5.32 Å². The Kier molecular flexibility index (Phi) is 5.10. The van der Waals surface area contributed by atoms with Crippen LogP contribution in [-0.4, -0.2) is 36.5 Å². The average Bonchev–Trinajstić information content (AvgIpc) is 3.12. The van der Waals surface area contributed by atoms with Gasteiger partial charge in [-0.3, -0.25) is 14.2 Å². The number of nitrogens with one attached hydrogen (secondary N) is 1. The second-order valence-corrected chi connectivity index (χ2v) is 6.73. The van der Waals surface area contributed by atoms with Crippen molar-refractivity contribution in [3.8, 4) is 0 Å². The lowest BCUT2D eigenvalue weighted by Crippen LogP contribution is -2.17. The average molecular weight is 439 g/mol. The second-order valence-electron chi connectivity index (χ2n) is 5.44. The molecule has 10 heteroatoms. The van der Waals surface area contributed by atoms with Crippen LogP contribution in [0.5, 0.6) is 0 Å². The molecule has 8 nitrogen and oxygen atoms in total. The summed E-state index contributed by atoms with van der Waals surface area (Å²) in [5.41, 5.74) is 0.751. The van der Waals surface area contributed by atoms with Gasteiger partial charge in [-0.1, -0.05) is 23.7 Å². The van der Waals surface area contributed by atoms with E-state index in [0.717, 1.165) is 10.2 Å². The minimum atomic E-state index is -1.23. The highest BCUT2D eigenvalue weighted by Crippen LogP contribution is 2.22. The van der Waals surface area contributed by atoms with Crippen molar-refractivity contribution in [3.05, 3.63) is 63.0 Å². The van der Waals surface area contributed by atoms with E-state index in [9.17, 15) is 14.7 Å². The van der Waals surface area contributed by atoms with E-state index in [-0.39, 0.29) is 17.1 Å². The number of rotatable bonds is 5. The van der Waals surface area contributed by atoms with E-state index in [0.29, 0.717) is 16.0 Å². The summed E-state index contributed by atoms with van der Waals surface area (Å²) in [5.74, 6) is -1.56. The fourth-order valence-corrected chi connectivity index (χ4v) is 2.91. The first-order valence-electron chi connectivity index (χ1n) is 7.39. The van der Waals surface area contributed by atoms with E-state index < -0.39 is 11.9 Å². The van der Waals surface area contributed by atoms with Gasteiger partial charge in [0.05, 0.1) is 22.8 Å². The van der Waals surface area contributed by atoms with Crippen molar-refractivity contribution in [2.24, 2.45) is 7.05 Å². The van der Waals surface area contributed by atoms with Crippen LogP contribution >= 0.6 is 27.5 Å². The summed E-state index contributed by atoms with van der Waals surface area (Å²) in [7, 11) is 1.46. The number of aromatic carboxylic acids is 1. The standard InChI is InChI=1S/C16H13BrClN5O3/c1-22-13(16(25)26)11(6-19-22)15(24)20-14-12(17)8-23(21-14)7-9-2-4-10(18)5-3-9/h2-6,8H,7H2,1H3,(H,25,26)(H,20,21,24). The third-order valence-electron chi connectivity index (χ3n) is 3.59. The third kappa shape index (κ3) is 3.78. The van der Waals surface area contributed by atoms with Gasteiger partial charge in [0.25, 0.3) is 5.91 Å². The minimum absolute atomic E-state index is 0.0425. The molecule has 26 heavy (non-hydrogen) atoms. The number of halogens is 2. The van der Waals surface area contributed by atoms with E-state index in [4.69, 9.17) is 11.6 Å². The van der Waals surface area contributed by atoms with Crippen molar-refractivity contribution in [2.45, 2.75) is 6.54 Å². The number of hydrogen-bond acceptors (Lipinski definition) is 4. The maximum atomic E-state index is 12.4. The number of nitrogens with zero attached hydrogens (tertiary/aromatic N) is 4. The molecule has 1 aromatic carbocycles. The Morgan fingerprint density at radius 2 is 2.00 bits per heavy atom. The zero-order chi connectivity index (χ0) is 18.8. The first kappa shape index (κ1) is 18.2. The number of benzene rings is 1. The van der Waals surface area contributed by atoms with Crippen molar-refractivity contribution in [1.29, 1.82) is 0 Å². The SMILES string of the molecule is Cn1ncc(C(=O)Nc2nn(Cc3ccc(Cl)cc3)cc2Br)c1C(=O)O. The van der Waals surface area contributed by atoms with Crippen LogP contribution in [0, 0.1) is 0 Å². The molecule has 0 saturated carbocycles. The van der Waals surface area contributed by atoms with Gasteiger partial charge in [-0.15, -0.1) is 0 Å². The van der Waals surface area contributed by atoms with E-state index in [1.807, 2.05) is 12.1 Å². The van der Waals surface area contributed by atoms with Crippen LogP contribution in [0.2, 0.25) is 5.02 Å². The molecule has 0 saturated heterocycles. The number of amides is 1. The van der Waals surface area contributed by atoms with Gasteiger partial charge >= 0.3 is 5.97 Å². The Morgan fingerprint density at radius 1 is 1.31 bits per heavy atom. The number of hydrogen-bond donors (Lipinski definition) is 2. The molecule has 0 spiro atoms. The largest absolute Gasteiger partial charge is 0.477 e. The highest BCUT2D eigenvalue weighted by Gasteiger charge is 2.22. The molecule has 3 aromatic rings. The van der Waals surface area contributed by atoms with E-state index in [1.54, 1.807) is 23.0 Å². The van der Waals surface area contributed by atoms with Crippen molar-refractivity contribution in [1.82, 2.24) is 19.6 Å². The summed E-state index contributed by atoms with van der Waals surface area (Å²) < 4.78 is 3.34. The summed E-state index contributed by atoms with van der Waals surface area (Å²) in [6.45, 7) is 0.485. The predicted octanol–water partition coefficient (Wildman–Crippen LogP) is 3.03. The molecule has 0 atom stereocenters. The van der Waals surface area contributed by atoms with Gasteiger partial charge in [0.2, 0.25) is 0 Å². The second kappa shape index (κ2) is 7.30. The summed E-state index contributed by atoms with van der Waals surface area (Å²) in [5, 5.41) is 20.6. The van der Waals surface area contributed by atoms with E-state index in [1.165, 1.54) is 13.2 Å². The maximum Gasteiger partial charge on any atom is 0.354 e. The zero-order valence-electron chi connectivity index (χ0n) is 13.5. The number of carboxylic acid groups (broad SMARTS) is 1. The van der Waals surface area contributed by atoms with Gasteiger partial charge in [-0.2, -0.15) is 10.2 Å². The molecule has 0 fully saturated rings. The Hall–Kier alpha value is -2.65. The Labute approximate surface area is 161 Å². The quantitative estimate of drug-likeness (QED) is 0.637. The number of anilines is 1. The number of aromatic nitrogens is 4. The highest BCUT2D eigenvalue weighted by atomic mass is 79.9. The van der Waals surface area contributed by atoms with Gasteiger partial charge in [-0.05, 0) is 33.6 Å². The molecule has 2 N–H and O–H groups in total. The van der Waals surface area contributed by atoms with Crippen LogP contribution in [0.3, 0.4) is 0 Å². The molecule has 0 unspecified atom stereocenters. The number of carbonyl (C=O) groups excluding carboxylic acids is 1. The molecule has 0 radical (unpaired) electrons. The van der Waals surface area contributed by atoms with Crippen LogP contribution in [0.1, 0.15) is 26.4 Å². The van der Waals surface area contributed by atoms with E-state index >= 15 is 0 Å². The Balaban J connectivity index is 1.78. The molecule has 0 aliphatic heterocycles. The molecule has 0 aliphatic rings. The van der Waals surface area contributed by atoms with Crippen LogP contribution in [0.15, 0.2) is 41.1 Å². The molecule has 2 aromatic heterocycles. The van der Waals surface area contributed by atoms with Crippen LogP contribution in [0.25, 0.3) is 0 Å². The topological polar surface area (TPSA) is 102 Å². The molecule has 2 heterocycles. The molecular formula is C16H13BrClN5O3. The first-order chi connectivity index (χ1) is 12.3. The van der Waals surface area contributed by atoms with Gasteiger partial charge in [0.1, 0.15) is 0 Å². The summed E-state index contributed by atoms with van der Waals surface area (Å²) >= 11 is 9.21. The highest BCUT2D eigenvalue weighted by molar-refractivity contribution is 9.10. The van der Waals surface area contributed by atoms with Gasteiger partial charge in [0, 0.05) is 18.3 Å². The van der Waals surface area contributed by atoms with Crippen LogP contribution in [0.4, 0.5) is 5.82 Å². The van der Waals surface area contributed by atoms with Gasteiger partial charge in [-0.25, -0.2) is 4.79 Å². The van der Waals surface area contributed by atoms with E-state index in [2.05, 4.69) is 31.4 Å². The smallest absolute Gasteiger partial charge is 0.354 e. The third-order valence-corrected chi connectivity index (χ3v) is 4.43. The molecule has 1 amide bonds. The van der Waals surface area contributed by atoms with Crippen LogP contribution in [-0.2, 0) is 13.6 Å². The van der Waals surface area contributed by atoms with Gasteiger partial charge in [0.15, 0.2) is 11.5 Å².